The Morgan fingerprint density at radius 3 is 2.28 bits per heavy atom. The van der Waals surface area contributed by atoms with Gasteiger partial charge in [0.2, 0.25) is 0 Å². The van der Waals surface area contributed by atoms with E-state index < -0.39 is 28.5 Å². The van der Waals surface area contributed by atoms with E-state index in [1.165, 1.54) is 3.58 Å². The number of fused-ring (bicyclic) bond motifs is 4. The molecule has 2 aromatic heterocycles. The van der Waals surface area contributed by atoms with Crippen LogP contribution in [0.3, 0.4) is 0 Å². The topological polar surface area (TPSA) is 34.1 Å². The van der Waals surface area contributed by atoms with E-state index in [1.54, 1.807) is 29.7 Å². The molecule has 3 aromatic rings. The van der Waals surface area contributed by atoms with Crippen LogP contribution in [0.5, 0.6) is 0 Å². The first kappa shape index (κ1) is 16.2. The Bertz CT molecular complexity index is 1080. The third-order valence-corrected chi connectivity index (χ3v) is 16.8. The summed E-state index contributed by atoms with van der Waals surface area (Å²) in [5, 5.41) is 3.24. The van der Waals surface area contributed by atoms with E-state index in [0.29, 0.717) is 16.7 Å². The van der Waals surface area contributed by atoms with Crippen LogP contribution in [0.1, 0.15) is 24.3 Å². The summed E-state index contributed by atoms with van der Waals surface area (Å²) >= 11 is -0.629. The zero-order chi connectivity index (χ0) is 17.3. The van der Waals surface area contributed by atoms with Gasteiger partial charge in [-0.2, -0.15) is 0 Å². The van der Waals surface area contributed by atoms with E-state index >= 15 is 0 Å². The first-order chi connectivity index (χ1) is 12.0. The van der Waals surface area contributed by atoms with E-state index in [1.807, 2.05) is 18.2 Å². The van der Waals surface area contributed by atoms with Crippen molar-refractivity contribution in [2.75, 3.05) is 0 Å². The second-order valence-corrected chi connectivity index (χ2v) is 17.0. The molecule has 5 heteroatoms. The summed E-state index contributed by atoms with van der Waals surface area (Å²) in [5.74, 6) is -0.206. The molecule has 1 aliphatic heterocycles. The van der Waals surface area contributed by atoms with Gasteiger partial charge in [0.15, 0.2) is 0 Å². The summed E-state index contributed by atoms with van der Waals surface area (Å²) in [4.78, 5) is 25.3. The zero-order valence-corrected chi connectivity index (χ0v) is 19.4. The van der Waals surface area contributed by atoms with Crippen molar-refractivity contribution in [2.45, 2.75) is 13.1 Å². The van der Waals surface area contributed by atoms with Crippen LogP contribution < -0.4 is 10.4 Å². The van der Waals surface area contributed by atoms with E-state index in [9.17, 15) is 9.59 Å². The fourth-order valence-electron chi connectivity index (χ4n) is 3.78. The van der Waals surface area contributed by atoms with Crippen molar-refractivity contribution >= 4 is 77.0 Å². The molecule has 0 radical (unpaired) electrons. The van der Waals surface area contributed by atoms with Gasteiger partial charge >= 0.3 is 168 Å². The number of hydrogen-bond donors (Lipinski definition) is 0. The Kier molecular flexibility index (Phi) is 3.59. The minimum atomic E-state index is -1.53. The predicted molar refractivity (Wildman–Crippen MR) is 106 cm³/mol. The van der Waals surface area contributed by atoms with Gasteiger partial charge in [-0.25, -0.2) is 0 Å². The van der Waals surface area contributed by atoms with Crippen molar-refractivity contribution in [3.63, 3.8) is 0 Å². The molecule has 0 N–H and O–H groups in total. The summed E-state index contributed by atoms with van der Waals surface area (Å²) in [6, 6.07) is 11.9. The molecular formula is C20H14O2SiTe2. The van der Waals surface area contributed by atoms with Gasteiger partial charge in [-0.15, -0.1) is 0 Å². The molecule has 2 nitrogen and oxygen atoms in total. The molecule has 0 bridgehead atoms. The molecule has 0 spiro atoms. The molecule has 1 aliphatic carbocycles. The molecule has 122 valence electrons. The number of carbonyl (C=O) groups excluding carboxylic acids is 2. The summed E-state index contributed by atoms with van der Waals surface area (Å²) < 4.78 is 7.01. The van der Waals surface area contributed by atoms with Crippen LogP contribution in [0.4, 0.5) is 0 Å². The van der Waals surface area contributed by atoms with Crippen LogP contribution in [-0.2, 0) is 0 Å². The first-order valence-corrected chi connectivity index (χ1v) is 16.0. The number of ketones is 2. The Labute approximate surface area is 166 Å². The van der Waals surface area contributed by atoms with Crippen molar-refractivity contribution in [1.82, 2.24) is 0 Å². The molecule has 2 aliphatic rings. The summed E-state index contributed by atoms with van der Waals surface area (Å²) in [6.45, 7) is 4.88. The van der Waals surface area contributed by atoms with Gasteiger partial charge in [-0.1, -0.05) is 0 Å². The van der Waals surface area contributed by atoms with Gasteiger partial charge in [-0.3, -0.25) is 0 Å². The number of rotatable bonds is 1. The van der Waals surface area contributed by atoms with E-state index in [2.05, 4.69) is 29.3 Å². The van der Waals surface area contributed by atoms with Crippen molar-refractivity contribution in [1.29, 1.82) is 0 Å². The molecule has 0 unspecified atom stereocenters. The quantitative estimate of drug-likeness (QED) is 0.256. The molecule has 0 amide bonds. The van der Waals surface area contributed by atoms with E-state index in [4.69, 9.17) is 0 Å². The molecule has 25 heavy (non-hydrogen) atoms. The van der Waals surface area contributed by atoms with Gasteiger partial charge in [0.25, 0.3) is 0 Å². The van der Waals surface area contributed by atoms with Gasteiger partial charge < -0.3 is 0 Å². The van der Waals surface area contributed by atoms with Crippen molar-refractivity contribution in [2.24, 2.45) is 0 Å². The zero-order valence-electron chi connectivity index (χ0n) is 13.8. The fraction of sp³-hybridized carbons (Fsp3) is 0.100. The number of benzene rings is 1. The van der Waals surface area contributed by atoms with Crippen molar-refractivity contribution < 1.29 is 9.59 Å². The number of allylic oxidation sites excluding steroid dienone is 1. The van der Waals surface area contributed by atoms with Gasteiger partial charge in [0, 0.05) is 0 Å². The van der Waals surface area contributed by atoms with Gasteiger partial charge in [0.05, 0.1) is 0 Å². The fourth-order valence-corrected chi connectivity index (χ4v) is 19.4. The number of Topliss-reactive ketones (excluding diaryl/α,β-unsaturated/α-hetero) is 2. The SMILES string of the molecule is C[Si]1(C)c2cc[te]c2-c2[te]c(C=C3C(=O)c4ccccc4C3=O)cc21. The standard InChI is InChI=1S/C20H14O2SiTe2/c1-23(2)15-7-8-24-19(15)20-16(23)10-11(25-20)9-14-17(21)12-5-3-4-6-13(12)18(14)22/h3-10H,1-2H3. The summed E-state index contributed by atoms with van der Waals surface area (Å²) in [6.07, 6.45) is 1.92. The Hall–Kier alpha value is -0.944. The monoisotopic (exact) mass is 574 g/mol. The van der Waals surface area contributed by atoms with E-state index in [-0.39, 0.29) is 32.0 Å². The van der Waals surface area contributed by atoms with Crippen LogP contribution in [0.15, 0.2) is 46.1 Å². The summed E-state index contributed by atoms with van der Waals surface area (Å²) in [5.41, 5.74) is 1.49. The second-order valence-electron chi connectivity index (χ2n) is 6.94. The Morgan fingerprint density at radius 1 is 0.920 bits per heavy atom. The third kappa shape index (κ3) is 2.21. The second kappa shape index (κ2) is 5.53. The average Bonchev–Trinajstić information content (AvgIpc) is 3.32. The normalized spacial score (nSPS) is 16.8. The molecular weight excluding hydrogens is 556 g/mol. The Morgan fingerprint density at radius 2 is 1.60 bits per heavy atom. The van der Waals surface area contributed by atoms with Gasteiger partial charge in [-0.05, 0) is 0 Å². The number of carbonyl (C=O) groups is 2. The molecule has 0 atom stereocenters. The molecule has 5 rings (SSSR count). The first-order valence-electron chi connectivity index (χ1n) is 8.11. The maximum absolute atomic E-state index is 12.6. The van der Waals surface area contributed by atoms with Crippen LogP contribution in [0, 0.1) is 0 Å². The molecule has 1 aromatic carbocycles. The number of hydrogen-bond acceptors (Lipinski definition) is 2. The van der Waals surface area contributed by atoms with Crippen LogP contribution in [0.2, 0.25) is 13.1 Å². The third-order valence-electron chi connectivity index (χ3n) is 5.16. The minimum absolute atomic E-state index is 0.103. The van der Waals surface area contributed by atoms with Gasteiger partial charge in [0.1, 0.15) is 0 Å². The molecule has 0 fully saturated rings. The average molecular weight is 570 g/mol. The van der Waals surface area contributed by atoms with Crippen molar-refractivity contribution in [3.05, 3.63) is 60.8 Å². The van der Waals surface area contributed by atoms with Crippen LogP contribution in [0.25, 0.3) is 13.2 Å². The maximum atomic E-state index is 12.6. The van der Waals surface area contributed by atoms with E-state index in [0.717, 1.165) is 0 Å². The van der Waals surface area contributed by atoms with Crippen molar-refractivity contribution in [3.8, 4) is 7.16 Å². The molecule has 0 saturated heterocycles. The predicted octanol–water partition coefficient (Wildman–Crippen LogP) is 2.07. The summed E-state index contributed by atoms with van der Waals surface area (Å²) in [7, 11) is -1.53. The molecule has 3 heterocycles. The van der Waals surface area contributed by atoms with Crippen LogP contribution in [-0.4, -0.2) is 60.5 Å². The Balaban J connectivity index is 1.63. The molecule has 0 saturated carbocycles. The van der Waals surface area contributed by atoms with Crippen LogP contribution >= 0.6 is 0 Å².